The van der Waals surface area contributed by atoms with Gasteiger partial charge in [0.25, 0.3) is 0 Å². The van der Waals surface area contributed by atoms with E-state index in [0.717, 1.165) is 49.9 Å². The molecule has 0 spiro atoms. The molecule has 0 amide bonds. The van der Waals surface area contributed by atoms with Crippen molar-refractivity contribution in [2.75, 3.05) is 32.1 Å². The van der Waals surface area contributed by atoms with E-state index in [1.165, 1.54) is 18.7 Å². The minimum atomic E-state index is -1.01. The van der Waals surface area contributed by atoms with Gasteiger partial charge in [0.2, 0.25) is 0 Å². The van der Waals surface area contributed by atoms with E-state index in [4.69, 9.17) is 9.47 Å². The molecule has 1 aromatic heterocycles. The zero-order valence-electron chi connectivity index (χ0n) is 21.5. The molecule has 2 aliphatic rings. The second-order valence-corrected chi connectivity index (χ2v) is 10.2. The van der Waals surface area contributed by atoms with Crippen molar-refractivity contribution in [2.45, 2.75) is 76.5 Å². The average Bonchev–Trinajstić information content (AvgIpc) is 3.31. The molecule has 0 aliphatic carbocycles. The number of aromatic nitrogens is 1. The second-order valence-electron chi connectivity index (χ2n) is 10.2. The number of rotatable bonds is 11. The van der Waals surface area contributed by atoms with Crippen molar-refractivity contribution >= 4 is 11.8 Å². The van der Waals surface area contributed by atoms with Crippen LogP contribution >= 0.6 is 0 Å². The number of pyridine rings is 1. The summed E-state index contributed by atoms with van der Waals surface area (Å²) in [6.07, 6.45) is 7.84. The molecule has 8 heteroatoms. The fourth-order valence-corrected chi connectivity index (χ4v) is 5.32. The van der Waals surface area contributed by atoms with Crippen LogP contribution in [0.2, 0.25) is 0 Å². The first-order valence-corrected chi connectivity index (χ1v) is 13.0. The number of nitrogens with one attached hydrogen (secondary N) is 1. The Morgan fingerprint density at radius 2 is 2.14 bits per heavy atom. The van der Waals surface area contributed by atoms with E-state index in [1.807, 2.05) is 31.0 Å². The Hall–Kier alpha value is -2.71. The van der Waals surface area contributed by atoms with Gasteiger partial charge in [0.05, 0.1) is 13.2 Å². The topological polar surface area (TPSA) is 83.9 Å². The highest BCUT2D eigenvalue weighted by Crippen LogP contribution is 2.37. The number of hydrogen-bond acceptors (Lipinski definition) is 6. The smallest absolute Gasteiger partial charge is 0.325 e. The Labute approximate surface area is 213 Å². The van der Waals surface area contributed by atoms with Gasteiger partial charge in [0, 0.05) is 37.5 Å². The molecule has 1 saturated heterocycles. The minimum Gasteiger partial charge on any atom is -0.493 e. The molecule has 36 heavy (non-hydrogen) atoms. The van der Waals surface area contributed by atoms with Gasteiger partial charge in [0.1, 0.15) is 11.9 Å². The van der Waals surface area contributed by atoms with Crippen molar-refractivity contribution < 1.29 is 23.8 Å². The summed E-state index contributed by atoms with van der Waals surface area (Å²) in [4.78, 5) is 18.6. The van der Waals surface area contributed by atoms with Gasteiger partial charge in [-0.1, -0.05) is 19.9 Å². The molecule has 3 atom stereocenters. The Morgan fingerprint density at radius 3 is 2.89 bits per heavy atom. The van der Waals surface area contributed by atoms with Crippen molar-refractivity contribution in [3.63, 3.8) is 0 Å². The summed E-state index contributed by atoms with van der Waals surface area (Å²) in [5, 5.41) is 13.6. The van der Waals surface area contributed by atoms with Gasteiger partial charge in [-0.2, -0.15) is 0 Å². The summed E-state index contributed by atoms with van der Waals surface area (Å²) in [6.45, 7) is 5.65. The summed E-state index contributed by atoms with van der Waals surface area (Å²) >= 11 is 0. The number of anilines is 1. The first kappa shape index (κ1) is 26.4. The third kappa shape index (κ3) is 6.16. The molecule has 2 aromatic rings. The highest BCUT2D eigenvalue weighted by Gasteiger charge is 2.36. The van der Waals surface area contributed by atoms with Gasteiger partial charge in [0.15, 0.2) is 11.6 Å². The Kier molecular flexibility index (Phi) is 8.80. The zero-order valence-corrected chi connectivity index (χ0v) is 21.5. The maximum atomic E-state index is 14.7. The van der Waals surface area contributed by atoms with Crippen molar-refractivity contribution in [1.82, 2.24) is 9.88 Å². The van der Waals surface area contributed by atoms with Crippen LogP contribution in [-0.4, -0.2) is 59.9 Å². The van der Waals surface area contributed by atoms with Crippen molar-refractivity contribution in [1.29, 1.82) is 0 Å². The highest BCUT2D eigenvalue weighted by molar-refractivity contribution is 5.77. The lowest BCUT2D eigenvalue weighted by atomic mass is 9.95. The predicted molar refractivity (Wildman–Crippen MR) is 137 cm³/mol. The number of benzene rings is 1. The number of unbranched alkanes of at least 4 members (excludes halogenated alkanes) is 1. The molecule has 2 aliphatic heterocycles. The van der Waals surface area contributed by atoms with E-state index in [-0.39, 0.29) is 17.8 Å². The van der Waals surface area contributed by atoms with Gasteiger partial charge in [-0.05, 0) is 73.8 Å². The number of likely N-dealkylation sites (tertiary alicyclic amines) is 1. The van der Waals surface area contributed by atoms with E-state index >= 15 is 0 Å². The number of aliphatic carboxylic acids is 1. The molecule has 3 heterocycles. The number of carboxylic acid groups (broad SMARTS) is 1. The van der Waals surface area contributed by atoms with E-state index in [1.54, 1.807) is 6.07 Å². The third-order valence-electron chi connectivity index (χ3n) is 7.33. The first-order valence-electron chi connectivity index (χ1n) is 13.0. The monoisotopic (exact) mass is 499 g/mol. The van der Waals surface area contributed by atoms with Crippen LogP contribution in [0.5, 0.6) is 5.75 Å². The molecule has 4 rings (SSSR count). The molecule has 0 unspecified atom stereocenters. The molecule has 196 valence electrons. The lowest BCUT2D eigenvalue weighted by Gasteiger charge is -2.27. The van der Waals surface area contributed by atoms with Crippen LogP contribution in [0, 0.1) is 5.82 Å². The summed E-state index contributed by atoms with van der Waals surface area (Å²) in [7, 11) is 1.38. The summed E-state index contributed by atoms with van der Waals surface area (Å²) < 4.78 is 26.1. The number of nitrogens with zero attached hydrogens (tertiary/aromatic N) is 2. The van der Waals surface area contributed by atoms with Gasteiger partial charge in [-0.3, -0.25) is 9.69 Å². The minimum absolute atomic E-state index is 0.00492. The van der Waals surface area contributed by atoms with Gasteiger partial charge < -0.3 is 19.9 Å². The number of halogens is 1. The maximum absolute atomic E-state index is 14.7. The fraction of sp³-hybridized carbons (Fsp3) is 0.571. The third-order valence-corrected chi connectivity index (χ3v) is 7.33. The molecule has 0 bridgehead atoms. The summed E-state index contributed by atoms with van der Waals surface area (Å²) in [5.74, 6) is -0.443. The molecule has 1 aromatic carbocycles. The maximum Gasteiger partial charge on any atom is 0.325 e. The number of carboxylic acids is 1. The largest absolute Gasteiger partial charge is 0.493 e. The number of aryl methyl sites for hydroxylation is 1. The fourth-order valence-electron chi connectivity index (χ4n) is 5.32. The van der Waals surface area contributed by atoms with Gasteiger partial charge in [-0.25, -0.2) is 9.37 Å². The highest BCUT2D eigenvalue weighted by atomic mass is 19.1. The Bertz CT molecular complexity index is 1050. The Morgan fingerprint density at radius 1 is 1.31 bits per heavy atom. The molecule has 2 N–H and O–H groups in total. The summed E-state index contributed by atoms with van der Waals surface area (Å²) in [6, 6.07) is 6.79. The van der Waals surface area contributed by atoms with Gasteiger partial charge in [-0.15, -0.1) is 0 Å². The molecule has 0 saturated carbocycles. The lowest BCUT2D eigenvalue weighted by Crippen LogP contribution is -2.34. The van der Waals surface area contributed by atoms with Crippen LogP contribution in [0.25, 0.3) is 0 Å². The van der Waals surface area contributed by atoms with Crippen LogP contribution in [0.15, 0.2) is 30.5 Å². The van der Waals surface area contributed by atoms with Crippen LogP contribution in [0.3, 0.4) is 0 Å². The van der Waals surface area contributed by atoms with E-state index in [9.17, 15) is 14.3 Å². The molecule has 1 fully saturated rings. The van der Waals surface area contributed by atoms with Crippen LogP contribution in [0.4, 0.5) is 10.2 Å². The van der Waals surface area contributed by atoms with Crippen LogP contribution < -0.4 is 10.1 Å². The summed E-state index contributed by atoms with van der Waals surface area (Å²) in [5.41, 5.74) is 2.41. The quantitative estimate of drug-likeness (QED) is 0.413. The first-order chi connectivity index (χ1) is 17.4. The second kappa shape index (κ2) is 12.0. The van der Waals surface area contributed by atoms with Gasteiger partial charge >= 0.3 is 5.97 Å². The molecule has 7 nitrogen and oxygen atoms in total. The van der Waals surface area contributed by atoms with Crippen molar-refractivity contribution in [2.24, 2.45) is 0 Å². The van der Waals surface area contributed by atoms with E-state index in [2.05, 4.69) is 16.4 Å². The standard InChI is InChI=1S/C28H38FN3O4/c1-18(2)20-15-23(26(35-3)24(29)16-20)25(28(33)34)32-13-11-22(17-32)36-14-5-4-8-21-10-9-19-7-6-12-30-27(19)31-21/h6-7,12,15-16,18,21-22,25H,4-5,8-11,13-14,17H2,1-3H3,(H,30,31)(H,33,34)/t21-,22+,25-/m0/s1. The molecular formula is C28H38FN3O4. The molecular weight excluding hydrogens is 461 g/mol. The van der Waals surface area contributed by atoms with Crippen molar-refractivity contribution in [3.05, 3.63) is 53.0 Å². The van der Waals surface area contributed by atoms with Crippen LogP contribution in [0.1, 0.15) is 74.6 Å². The number of methoxy groups -OCH3 is 1. The van der Waals surface area contributed by atoms with Crippen molar-refractivity contribution in [3.8, 4) is 5.75 Å². The Balaban J connectivity index is 1.27. The normalized spacial score (nSPS) is 20.7. The lowest BCUT2D eigenvalue weighted by molar-refractivity contribution is -0.143. The SMILES string of the molecule is COc1c(F)cc(C(C)C)cc1[C@@H](C(=O)O)N1CC[C@@H](OCCCC[C@H]2CCc3cccnc3N2)C1. The predicted octanol–water partition coefficient (Wildman–Crippen LogP) is 5.17. The molecule has 0 radical (unpaired) electrons. The average molecular weight is 500 g/mol. The zero-order chi connectivity index (χ0) is 25.7. The number of ether oxygens (including phenoxy) is 2. The van der Waals surface area contributed by atoms with Crippen LogP contribution in [-0.2, 0) is 16.0 Å². The number of hydrogen-bond donors (Lipinski definition) is 2. The van der Waals surface area contributed by atoms with E-state index < -0.39 is 17.8 Å². The number of fused-ring (bicyclic) bond motifs is 1. The van der Waals surface area contributed by atoms with E-state index in [0.29, 0.717) is 31.3 Å². The number of carbonyl (C=O) groups is 1.